The summed E-state index contributed by atoms with van der Waals surface area (Å²) >= 11 is 0. The van der Waals surface area contributed by atoms with Crippen LogP contribution in [0.1, 0.15) is 32.6 Å². The molecule has 12 heavy (non-hydrogen) atoms. The number of hydrogen-bond acceptors (Lipinski definition) is 2. The predicted octanol–water partition coefficient (Wildman–Crippen LogP) is 1.57. The molecule has 0 saturated carbocycles. The number of aliphatic hydroxyl groups excluding tert-OH is 1. The van der Waals surface area contributed by atoms with E-state index in [1.165, 1.54) is 0 Å². The fraction of sp³-hybridized carbons (Fsp3) is 0.667. The van der Waals surface area contributed by atoms with Crippen LogP contribution >= 0.6 is 0 Å². The molecule has 70 valence electrons. The maximum Gasteiger partial charge on any atom is 0.327 e. The summed E-state index contributed by atoms with van der Waals surface area (Å²) < 4.78 is 0. The van der Waals surface area contributed by atoms with Crippen LogP contribution in [-0.4, -0.2) is 22.3 Å². The van der Waals surface area contributed by atoms with Crippen LogP contribution in [0.15, 0.2) is 12.2 Å². The lowest BCUT2D eigenvalue weighted by Gasteiger charge is -2.05. The number of allylic oxidation sites excluding steroid dienone is 1. The van der Waals surface area contributed by atoms with Crippen LogP contribution < -0.4 is 0 Å². The molecule has 0 fully saturated rings. The van der Waals surface area contributed by atoms with Gasteiger partial charge in [0.1, 0.15) is 0 Å². The van der Waals surface area contributed by atoms with Crippen molar-refractivity contribution in [2.24, 2.45) is 0 Å². The van der Waals surface area contributed by atoms with Gasteiger partial charge in [-0.3, -0.25) is 0 Å². The molecule has 0 aliphatic rings. The minimum Gasteiger partial charge on any atom is -0.478 e. The maximum absolute atomic E-state index is 10.0. The highest BCUT2D eigenvalue weighted by molar-refractivity contribution is 5.79. The topological polar surface area (TPSA) is 57.5 Å². The Hall–Kier alpha value is -0.830. The van der Waals surface area contributed by atoms with E-state index >= 15 is 0 Å². The molecular weight excluding hydrogens is 156 g/mol. The first-order valence-electron chi connectivity index (χ1n) is 4.24. The van der Waals surface area contributed by atoms with Crippen molar-refractivity contribution in [1.82, 2.24) is 0 Å². The van der Waals surface area contributed by atoms with Gasteiger partial charge in [0.15, 0.2) is 0 Å². The summed E-state index contributed by atoms with van der Waals surface area (Å²) in [6.45, 7) is 2.01. The third kappa shape index (κ3) is 7.28. The van der Waals surface area contributed by atoms with E-state index in [4.69, 9.17) is 5.11 Å². The Kier molecular flexibility index (Phi) is 6.38. The molecule has 0 aliphatic carbocycles. The van der Waals surface area contributed by atoms with Crippen molar-refractivity contribution in [2.75, 3.05) is 0 Å². The lowest BCUT2D eigenvalue weighted by Crippen LogP contribution is -2.04. The van der Waals surface area contributed by atoms with E-state index < -0.39 is 5.97 Å². The van der Waals surface area contributed by atoms with Gasteiger partial charge < -0.3 is 10.2 Å². The third-order valence-corrected chi connectivity index (χ3v) is 1.55. The second-order valence-electron chi connectivity index (χ2n) is 2.76. The molecule has 0 radical (unpaired) electrons. The molecule has 1 atom stereocenters. The van der Waals surface area contributed by atoms with Crippen LogP contribution in [0, 0.1) is 0 Å². The molecule has 0 saturated heterocycles. The SMILES string of the molecule is CCCC(O)CCC=CC(=O)O. The quantitative estimate of drug-likeness (QED) is 0.598. The van der Waals surface area contributed by atoms with Crippen LogP contribution in [0.4, 0.5) is 0 Å². The van der Waals surface area contributed by atoms with Gasteiger partial charge in [-0.15, -0.1) is 0 Å². The van der Waals surface area contributed by atoms with Crippen molar-refractivity contribution in [1.29, 1.82) is 0 Å². The van der Waals surface area contributed by atoms with Gasteiger partial charge in [0, 0.05) is 6.08 Å². The van der Waals surface area contributed by atoms with Crippen molar-refractivity contribution >= 4 is 5.97 Å². The summed E-state index contributed by atoms with van der Waals surface area (Å²) in [4.78, 5) is 10.0. The molecule has 0 amide bonds. The molecular formula is C9H16O3. The van der Waals surface area contributed by atoms with Gasteiger partial charge in [0.2, 0.25) is 0 Å². The lowest BCUT2D eigenvalue weighted by molar-refractivity contribution is -0.131. The van der Waals surface area contributed by atoms with Crippen LogP contribution in [0.3, 0.4) is 0 Å². The number of carboxylic acid groups (broad SMARTS) is 1. The summed E-state index contributed by atoms with van der Waals surface area (Å²) in [6.07, 6.45) is 5.43. The molecule has 0 rings (SSSR count). The van der Waals surface area contributed by atoms with E-state index in [1.807, 2.05) is 6.92 Å². The molecule has 3 heteroatoms. The number of hydrogen-bond donors (Lipinski definition) is 2. The normalized spacial score (nSPS) is 13.5. The second-order valence-corrected chi connectivity index (χ2v) is 2.76. The average Bonchev–Trinajstić information content (AvgIpc) is 1.98. The van der Waals surface area contributed by atoms with Crippen molar-refractivity contribution < 1.29 is 15.0 Å². The van der Waals surface area contributed by atoms with E-state index in [0.717, 1.165) is 18.9 Å². The van der Waals surface area contributed by atoms with Crippen LogP contribution in [0.2, 0.25) is 0 Å². The Balaban J connectivity index is 3.36. The number of rotatable bonds is 6. The van der Waals surface area contributed by atoms with Gasteiger partial charge in [-0.1, -0.05) is 19.4 Å². The molecule has 3 nitrogen and oxygen atoms in total. The first-order valence-corrected chi connectivity index (χ1v) is 4.24. The van der Waals surface area contributed by atoms with Crippen molar-refractivity contribution in [3.05, 3.63) is 12.2 Å². The van der Waals surface area contributed by atoms with E-state index in [0.29, 0.717) is 12.8 Å². The number of carbonyl (C=O) groups is 1. The number of aliphatic hydroxyl groups is 1. The van der Waals surface area contributed by atoms with Gasteiger partial charge in [0.25, 0.3) is 0 Å². The van der Waals surface area contributed by atoms with Gasteiger partial charge in [-0.25, -0.2) is 4.79 Å². The number of aliphatic carboxylic acids is 1. The van der Waals surface area contributed by atoms with Gasteiger partial charge in [-0.2, -0.15) is 0 Å². The molecule has 0 spiro atoms. The molecule has 0 bridgehead atoms. The molecule has 0 aromatic rings. The van der Waals surface area contributed by atoms with Crippen molar-refractivity contribution in [2.45, 2.75) is 38.7 Å². The summed E-state index contributed by atoms with van der Waals surface area (Å²) in [5.41, 5.74) is 0. The van der Waals surface area contributed by atoms with E-state index in [-0.39, 0.29) is 6.10 Å². The van der Waals surface area contributed by atoms with E-state index in [1.54, 1.807) is 6.08 Å². The molecule has 2 N–H and O–H groups in total. The first kappa shape index (κ1) is 11.2. The lowest BCUT2D eigenvalue weighted by atomic mass is 10.1. The average molecular weight is 172 g/mol. The Bertz CT molecular complexity index is 152. The molecule has 0 heterocycles. The zero-order chi connectivity index (χ0) is 9.40. The fourth-order valence-corrected chi connectivity index (χ4v) is 0.950. The molecule has 0 aromatic heterocycles. The van der Waals surface area contributed by atoms with Crippen LogP contribution in [0.5, 0.6) is 0 Å². The zero-order valence-electron chi connectivity index (χ0n) is 7.36. The number of carboxylic acids is 1. The highest BCUT2D eigenvalue weighted by Crippen LogP contribution is 2.04. The predicted molar refractivity (Wildman–Crippen MR) is 46.9 cm³/mol. The Morgan fingerprint density at radius 1 is 1.50 bits per heavy atom. The smallest absolute Gasteiger partial charge is 0.327 e. The van der Waals surface area contributed by atoms with Gasteiger partial charge in [0.05, 0.1) is 6.10 Å². The third-order valence-electron chi connectivity index (χ3n) is 1.55. The second kappa shape index (κ2) is 6.85. The van der Waals surface area contributed by atoms with Crippen LogP contribution in [-0.2, 0) is 4.79 Å². The highest BCUT2D eigenvalue weighted by Gasteiger charge is 1.99. The van der Waals surface area contributed by atoms with E-state index in [2.05, 4.69) is 0 Å². The standard InChI is InChI=1S/C9H16O3/c1-2-5-8(10)6-3-4-7-9(11)12/h4,7-8,10H,2-3,5-6H2,1H3,(H,11,12). The highest BCUT2D eigenvalue weighted by atomic mass is 16.4. The van der Waals surface area contributed by atoms with Crippen molar-refractivity contribution in [3.8, 4) is 0 Å². The monoisotopic (exact) mass is 172 g/mol. The fourth-order valence-electron chi connectivity index (χ4n) is 0.950. The Morgan fingerprint density at radius 2 is 2.17 bits per heavy atom. The van der Waals surface area contributed by atoms with Gasteiger partial charge >= 0.3 is 5.97 Å². The minimum absolute atomic E-state index is 0.284. The Morgan fingerprint density at radius 3 is 2.67 bits per heavy atom. The molecule has 0 aliphatic heterocycles. The van der Waals surface area contributed by atoms with Gasteiger partial charge in [-0.05, 0) is 19.3 Å². The minimum atomic E-state index is -0.931. The molecule has 1 unspecified atom stereocenters. The maximum atomic E-state index is 10.0. The Labute approximate surface area is 72.7 Å². The van der Waals surface area contributed by atoms with E-state index in [9.17, 15) is 9.90 Å². The summed E-state index contributed by atoms with van der Waals surface area (Å²) in [6, 6.07) is 0. The zero-order valence-corrected chi connectivity index (χ0v) is 7.36. The largest absolute Gasteiger partial charge is 0.478 e. The molecule has 0 aromatic carbocycles. The van der Waals surface area contributed by atoms with Crippen LogP contribution in [0.25, 0.3) is 0 Å². The van der Waals surface area contributed by atoms with Crippen molar-refractivity contribution in [3.63, 3.8) is 0 Å². The summed E-state index contributed by atoms with van der Waals surface area (Å²) in [5, 5.41) is 17.5. The summed E-state index contributed by atoms with van der Waals surface area (Å²) in [7, 11) is 0. The summed E-state index contributed by atoms with van der Waals surface area (Å²) in [5.74, 6) is -0.931. The first-order chi connectivity index (χ1) is 5.66.